The summed E-state index contributed by atoms with van der Waals surface area (Å²) in [6.07, 6.45) is 11.0. The van der Waals surface area contributed by atoms with E-state index in [4.69, 9.17) is 14.2 Å². The molecule has 1 saturated carbocycles. The molecule has 196 valence electrons. The number of fused-ring (bicyclic) bond motifs is 1. The lowest BCUT2D eigenvalue weighted by Crippen LogP contribution is -2.39. The summed E-state index contributed by atoms with van der Waals surface area (Å²) in [4.78, 5) is 2.47. The van der Waals surface area contributed by atoms with Gasteiger partial charge in [-0.1, -0.05) is 44.2 Å². The minimum absolute atomic E-state index is 0.119. The second kappa shape index (κ2) is 11.4. The molecule has 1 N–H and O–H groups in total. The van der Waals surface area contributed by atoms with Gasteiger partial charge in [0.05, 0.1) is 7.11 Å². The van der Waals surface area contributed by atoms with Crippen LogP contribution in [0, 0.1) is 17.8 Å². The predicted molar refractivity (Wildman–Crippen MR) is 144 cm³/mol. The molecule has 5 rings (SSSR count). The standard InChI is InChI=1S/C31H43NO4/c1-34-29-20-24(32-17-15-22(16-18-32)31(35-2)36-3)10-13-28(29)30-26(21-7-5-4-6-8-21)12-9-23-19-25(33)11-14-27(23)30/h10-11,13-14,19-22,26,30-31,33H,4-9,12,15-18H2,1-3H3/t26-,30+/m0/s1. The molecular weight excluding hydrogens is 450 g/mol. The highest BCUT2D eigenvalue weighted by Gasteiger charge is 2.38. The van der Waals surface area contributed by atoms with Gasteiger partial charge in [0.25, 0.3) is 0 Å². The van der Waals surface area contributed by atoms with Crippen molar-refractivity contribution in [3.8, 4) is 11.5 Å². The van der Waals surface area contributed by atoms with Crippen molar-refractivity contribution in [2.45, 2.75) is 70.0 Å². The van der Waals surface area contributed by atoms with E-state index in [1.807, 2.05) is 19.2 Å². The number of aryl methyl sites for hydroxylation is 1. The van der Waals surface area contributed by atoms with Crippen LogP contribution in [0.1, 0.15) is 74.0 Å². The minimum Gasteiger partial charge on any atom is -0.508 e. The summed E-state index contributed by atoms with van der Waals surface area (Å²) in [7, 11) is 5.28. The van der Waals surface area contributed by atoms with Crippen LogP contribution < -0.4 is 9.64 Å². The molecule has 2 fully saturated rings. The summed E-state index contributed by atoms with van der Waals surface area (Å²) in [6.45, 7) is 1.99. The molecular formula is C31H43NO4. The Morgan fingerprint density at radius 3 is 2.25 bits per heavy atom. The van der Waals surface area contributed by atoms with Crippen LogP contribution in [0.2, 0.25) is 0 Å². The van der Waals surface area contributed by atoms with Gasteiger partial charge in [0.2, 0.25) is 0 Å². The molecule has 36 heavy (non-hydrogen) atoms. The molecule has 5 nitrogen and oxygen atoms in total. The van der Waals surface area contributed by atoms with Gasteiger partial charge in [0, 0.05) is 56.5 Å². The molecule has 0 spiro atoms. The Kier molecular flexibility index (Phi) is 8.07. The van der Waals surface area contributed by atoms with Gasteiger partial charge in [-0.2, -0.15) is 0 Å². The number of benzene rings is 2. The van der Waals surface area contributed by atoms with E-state index >= 15 is 0 Å². The van der Waals surface area contributed by atoms with Crippen molar-refractivity contribution in [2.75, 3.05) is 39.3 Å². The second-order valence-corrected chi connectivity index (χ2v) is 11.1. The molecule has 1 aliphatic heterocycles. The third-order valence-electron chi connectivity index (χ3n) is 9.20. The van der Waals surface area contributed by atoms with Gasteiger partial charge < -0.3 is 24.2 Å². The van der Waals surface area contributed by atoms with Crippen molar-refractivity contribution >= 4 is 5.69 Å². The van der Waals surface area contributed by atoms with Crippen LogP contribution in [0.5, 0.6) is 11.5 Å². The lowest BCUT2D eigenvalue weighted by molar-refractivity contribution is -0.141. The first-order valence-corrected chi connectivity index (χ1v) is 13.9. The van der Waals surface area contributed by atoms with E-state index in [-0.39, 0.29) is 6.29 Å². The first-order valence-electron chi connectivity index (χ1n) is 13.9. The Balaban J connectivity index is 1.44. The van der Waals surface area contributed by atoms with Crippen LogP contribution in [0.15, 0.2) is 36.4 Å². The smallest absolute Gasteiger partial charge is 0.159 e. The highest BCUT2D eigenvalue weighted by atomic mass is 16.7. The number of ether oxygens (including phenoxy) is 3. The summed E-state index contributed by atoms with van der Waals surface area (Å²) in [6, 6.07) is 12.9. The first kappa shape index (κ1) is 25.4. The van der Waals surface area contributed by atoms with Gasteiger partial charge in [-0.3, -0.25) is 0 Å². The molecule has 0 radical (unpaired) electrons. The number of phenols is 1. The number of phenolic OH excluding ortho intramolecular Hbond substituents is 1. The van der Waals surface area contributed by atoms with Crippen LogP contribution in [-0.4, -0.2) is 45.8 Å². The topological polar surface area (TPSA) is 51.2 Å². The van der Waals surface area contributed by atoms with Gasteiger partial charge >= 0.3 is 0 Å². The molecule has 0 bridgehead atoms. The summed E-state index contributed by atoms with van der Waals surface area (Å²) < 4.78 is 17.1. The second-order valence-electron chi connectivity index (χ2n) is 11.1. The molecule has 1 saturated heterocycles. The number of hydrogen-bond donors (Lipinski definition) is 1. The molecule has 2 aliphatic carbocycles. The number of rotatable bonds is 7. The molecule has 3 aliphatic rings. The summed E-state index contributed by atoms with van der Waals surface area (Å²) in [5.41, 5.74) is 5.21. The third kappa shape index (κ3) is 5.10. The van der Waals surface area contributed by atoms with Crippen LogP contribution in [0.25, 0.3) is 0 Å². The summed E-state index contributed by atoms with van der Waals surface area (Å²) >= 11 is 0. The lowest BCUT2D eigenvalue weighted by Gasteiger charge is -2.41. The van der Waals surface area contributed by atoms with Gasteiger partial charge in [0.1, 0.15) is 11.5 Å². The Morgan fingerprint density at radius 1 is 0.833 bits per heavy atom. The monoisotopic (exact) mass is 493 g/mol. The van der Waals surface area contributed by atoms with E-state index in [1.165, 1.54) is 60.9 Å². The molecule has 2 aromatic carbocycles. The number of nitrogens with zero attached hydrogens (tertiary/aromatic N) is 1. The molecule has 0 aromatic heterocycles. The fraction of sp³-hybridized carbons (Fsp3) is 0.613. The number of anilines is 1. The highest BCUT2D eigenvalue weighted by molar-refractivity contribution is 5.57. The molecule has 2 aromatic rings. The number of piperidine rings is 1. The van der Waals surface area contributed by atoms with Crippen molar-refractivity contribution in [3.63, 3.8) is 0 Å². The Morgan fingerprint density at radius 2 is 1.56 bits per heavy atom. The van der Waals surface area contributed by atoms with Crippen LogP contribution in [-0.2, 0) is 15.9 Å². The molecule has 0 unspecified atom stereocenters. The zero-order chi connectivity index (χ0) is 25.1. The molecule has 5 heteroatoms. The van der Waals surface area contributed by atoms with E-state index in [2.05, 4.69) is 29.2 Å². The Bertz CT molecular complexity index is 1010. The lowest BCUT2D eigenvalue weighted by atomic mass is 9.64. The average molecular weight is 494 g/mol. The van der Waals surface area contributed by atoms with E-state index in [1.54, 1.807) is 14.2 Å². The van der Waals surface area contributed by atoms with E-state index in [9.17, 15) is 5.11 Å². The number of hydrogen-bond acceptors (Lipinski definition) is 5. The third-order valence-corrected chi connectivity index (χ3v) is 9.20. The van der Waals surface area contributed by atoms with Crippen molar-refractivity contribution < 1.29 is 19.3 Å². The highest BCUT2D eigenvalue weighted by Crippen LogP contribution is 2.50. The first-order chi connectivity index (χ1) is 17.6. The van der Waals surface area contributed by atoms with Gasteiger partial charge in [-0.05, 0) is 66.8 Å². The maximum atomic E-state index is 10.2. The van der Waals surface area contributed by atoms with Gasteiger partial charge in [0.15, 0.2) is 6.29 Å². The van der Waals surface area contributed by atoms with E-state index in [0.717, 1.165) is 44.0 Å². The number of aromatic hydroxyl groups is 1. The van der Waals surface area contributed by atoms with E-state index < -0.39 is 0 Å². The van der Waals surface area contributed by atoms with Gasteiger partial charge in [-0.15, -0.1) is 0 Å². The number of methoxy groups -OCH3 is 3. The van der Waals surface area contributed by atoms with E-state index in [0.29, 0.717) is 23.5 Å². The van der Waals surface area contributed by atoms with Crippen molar-refractivity contribution in [1.29, 1.82) is 0 Å². The fourth-order valence-electron chi connectivity index (χ4n) is 7.36. The molecule has 2 atom stereocenters. The minimum atomic E-state index is -0.119. The van der Waals surface area contributed by atoms with Crippen molar-refractivity contribution in [1.82, 2.24) is 0 Å². The molecule has 1 heterocycles. The zero-order valence-electron chi connectivity index (χ0n) is 22.2. The maximum absolute atomic E-state index is 10.2. The van der Waals surface area contributed by atoms with Gasteiger partial charge in [-0.25, -0.2) is 0 Å². The molecule has 0 amide bonds. The predicted octanol–water partition coefficient (Wildman–Crippen LogP) is 6.51. The van der Waals surface area contributed by atoms with Crippen LogP contribution in [0.4, 0.5) is 5.69 Å². The van der Waals surface area contributed by atoms with Crippen molar-refractivity contribution in [3.05, 3.63) is 53.1 Å². The Labute approximate surface area is 216 Å². The average Bonchev–Trinajstić information content (AvgIpc) is 2.93. The quantitative estimate of drug-likeness (QED) is 0.446. The largest absolute Gasteiger partial charge is 0.508 e. The van der Waals surface area contributed by atoms with Crippen LogP contribution >= 0.6 is 0 Å². The normalized spacial score (nSPS) is 23.6. The summed E-state index contributed by atoms with van der Waals surface area (Å²) in [5, 5.41) is 10.2. The fourth-order valence-corrected chi connectivity index (χ4v) is 7.36. The SMILES string of the molecule is COc1cc(N2CCC(C(OC)OC)CC2)ccc1[C@H]1c2ccc(O)cc2CC[C@H]1C1CCCCC1. The zero-order valence-corrected chi connectivity index (χ0v) is 22.2. The van der Waals surface area contributed by atoms with Crippen molar-refractivity contribution in [2.24, 2.45) is 17.8 Å². The van der Waals surface area contributed by atoms with Crippen LogP contribution in [0.3, 0.4) is 0 Å². The Hall–Kier alpha value is -2.24. The summed E-state index contributed by atoms with van der Waals surface area (Å²) in [5.74, 6) is 3.51. The maximum Gasteiger partial charge on any atom is 0.159 e.